The molecule has 0 spiro atoms. The minimum Gasteiger partial charge on any atom is -0.495 e. The Morgan fingerprint density at radius 2 is 1.82 bits per heavy atom. The van der Waals surface area contributed by atoms with E-state index in [9.17, 15) is 28.1 Å². The number of sulfonamides is 1. The van der Waals surface area contributed by atoms with Crippen LogP contribution in [-0.2, 0) is 19.6 Å². The van der Waals surface area contributed by atoms with E-state index >= 15 is 0 Å². The number of carbonyl (C=O) groups is 2. The van der Waals surface area contributed by atoms with E-state index < -0.39 is 38.0 Å². The van der Waals surface area contributed by atoms with Crippen molar-refractivity contribution in [3.8, 4) is 5.75 Å². The number of halogens is 1. The molecule has 14 heteroatoms. The molecule has 0 atom stereocenters. The first kappa shape index (κ1) is 30.1. The molecule has 3 aromatic rings. The van der Waals surface area contributed by atoms with Gasteiger partial charge in [-0.25, -0.2) is 13.8 Å². The highest BCUT2D eigenvalue weighted by Gasteiger charge is 2.31. The van der Waals surface area contributed by atoms with Crippen LogP contribution in [0.4, 0.5) is 17.1 Å². The molecule has 0 fully saturated rings. The lowest BCUT2D eigenvalue weighted by Crippen LogP contribution is -2.40. The van der Waals surface area contributed by atoms with Crippen molar-refractivity contribution in [2.45, 2.75) is 25.7 Å². The molecule has 0 radical (unpaired) electrons. The van der Waals surface area contributed by atoms with Gasteiger partial charge in [-0.3, -0.25) is 24.0 Å². The third kappa shape index (κ3) is 7.12. The molecule has 40 heavy (non-hydrogen) atoms. The maximum Gasteiger partial charge on any atom is 0.273 e. The summed E-state index contributed by atoms with van der Waals surface area (Å²) in [6, 6.07) is 14.4. The normalized spacial score (nSPS) is 11.5. The van der Waals surface area contributed by atoms with Gasteiger partial charge in [0.2, 0.25) is 5.91 Å². The molecular weight excluding hydrogens is 562 g/mol. The number of hydrazone groups is 1. The molecule has 0 saturated carbocycles. The first-order chi connectivity index (χ1) is 18.8. The number of nitro groups is 1. The minimum absolute atomic E-state index is 0.0583. The Balaban J connectivity index is 1.99. The summed E-state index contributed by atoms with van der Waals surface area (Å²) in [5.41, 5.74) is 3.64. The van der Waals surface area contributed by atoms with E-state index in [0.717, 1.165) is 10.4 Å². The summed E-state index contributed by atoms with van der Waals surface area (Å²) >= 11 is 6.14. The predicted molar refractivity (Wildman–Crippen MR) is 151 cm³/mol. The molecule has 0 heterocycles. The highest BCUT2D eigenvalue weighted by molar-refractivity contribution is 7.92. The van der Waals surface area contributed by atoms with Crippen LogP contribution in [0.15, 0.2) is 70.7 Å². The fourth-order valence-electron chi connectivity index (χ4n) is 3.63. The monoisotopic (exact) mass is 587 g/mol. The number of benzene rings is 3. The molecule has 0 aromatic heterocycles. The summed E-state index contributed by atoms with van der Waals surface area (Å²) in [7, 11) is -3.22. The van der Waals surface area contributed by atoms with E-state index in [4.69, 9.17) is 16.3 Å². The fraction of sp³-hybridized carbons (Fsp3) is 0.192. The number of hydrogen-bond acceptors (Lipinski definition) is 8. The van der Waals surface area contributed by atoms with Crippen LogP contribution in [0.3, 0.4) is 0 Å². The Bertz CT molecular complexity index is 1610. The summed E-state index contributed by atoms with van der Waals surface area (Å²) in [5.74, 6) is -0.974. The first-order valence-corrected chi connectivity index (χ1v) is 13.5. The second-order valence-electron chi connectivity index (χ2n) is 8.53. The second-order valence-corrected chi connectivity index (χ2v) is 10.8. The van der Waals surface area contributed by atoms with E-state index in [0.29, 0.717) is 17.0 Å². The Kier molecular flexibility index (Phi) is 9.45. The number of nitrogens with one attached hydrogen (secondary N) is 2. The third-order valence-electron chi connectivity index (χ3n) is 5.61. The van der Waals surface area contributed by atoms with Gasteiger partial charge in [-0.1, -0.05) is 29.8 Å². The van der Waals surface area contributed by atoms with E-state index in [1.54, 1.807) is 31.2 Å². The Labute approximate surface area is 235 Å². The number of ether oxygens (including phenoxy) is 1. The van der Waals surface area contributed by atoms with Crippen LogP contribution < -0.4 is 19.8 Å². The molecule has 0 unspecified atom stereocenters. The van der Waals surface area contributed by atoms with Gasteiger partial charge in [0.05, 0.1) is 28.3 Å². The molecule has 3 rings (SSSR count). The highest BCUT2D eigenvalue weighted by Crippen LogP contribution is 2.35. The summed E-state index contributed by atoms with van der Waals surface area (Å²) in [4.78, 5) is 34.7. The van der Waals surface area contributed by atoms with Crippen LogP contribution >= 0.6 is 11.6 Å². The quantitative estimate of drug-likeness (QED) is 0.203. The zero-order valence-corrected chi connectivity index (χ0v) is 23.5. The fourth-order valence-corrected chi connectivity index (χ4v) is 5.24. The van der Waals surface area contributed by atoms with Crippen LogP contribution in [0, 0.1) is 17.0 Å². The van der Waals surface area contributed by atoms with Crippen molar-refractivity contribution < 1.29 is 27.7 Å². The summed E-state index contributed by atoms with van der Waals surface area (Å²) in [5, 5.41) is 18.3. The molecular formula is C26H26ClN5O7S. The predicted octanol–water partition coefficient (Wildman–Crippen LogP) is 4.26. The molecule has 210 valence electrons. The molecule has 0 bridgehead atoms. The Morgan fingerprint density at radius 1 is 1.10 bits per heavy atom. The second kappa shape index (κ2) is 12.6. The Morgan fingerprint density at radius 3 is 2.48 bits per heavy atom. The molecule has 0 aliphatic carbocycles. The topological polar surface area (TPSA) is 160 Å². The molecule has 2 amide bonds. The number of aryl methyl sites for hydroxylation is 1. The van der Waals surface area contributed by atoms with E-state index in [1.165, 1.54) is 51.3 Å². The molecule has 12 nitrogen and oxygen atoms in total. The van der Waals surface area contributed by atoms with Crippen molar-refractivity contribution in [2.24, 2.45) is 5.10 Å². The number of anilines is 2. The maximum atomic E-state index is 13.8. The summed E-state index contributed by atoms with van der Waals surface area (Å²) < 4.78 is 33.6. The lowest BCUT2D eigenvalue weighted by Gasteiger charge is -2.25. The third-order valence-corrected chi connectivity index (χ3v) is 7.60. The van der Waals surface area contributed by atoms with Gasteiger partial charge in [0.25, 0.3) is 21.6 Å². The van der Waals surface area contributed by atoms with Crippen molar-refractivity contribution >= 4 is 56.2 Å². The average molecular weight is 588 g/mol. The zero-order valence-electron chi connectivity index (χ0n) is 22.0. The van der Waals surface area contributed by atoms with Gasteiger partial charge < -0.3 is 10.1 Å². The van der Waals surface area contributed by atoms with Crippen LogP contribution in [0.2, 0.25) is 5.02 Å². The minimum atomic E-state index is -4.54. The van der Waals surface area contributed by atoms with Crippen molar-refractivity contribution in [1.29, 1.82) is 0 Å². The molecule has 0 aliphatic rings. The zero-order chi connectivity index (χ0) is 29.6. The van der Waals surface area contributed by atoms with Crippen molar-refractivity contribution in [3.05, 3.63) is 86.9 Å². The first-order valence-electron chi connectivity index (χ1n) is 11.7. The standard InChI is InChI=1S/C26H26ClN5O7S/c1-16-8-10-22(14-23(16)32(35)36)40(37,38)31(24-13-20(27)9-11-25(24)39-4)15-26(34)30-29-17(2)19-6-5-7-21(12-19)28-18(3)33/h5-14H,15H2,1-4H3,(H,28,33)(H,30,34)/b29-17-. The molecule has 2 N–H and O–H groups in total. The van der Waals surface area contributed by atoms with Gasteiger partial charge in [0.1, 0.15) is 12.3 Å². The molecule has 0 aliphatic heterocycles. The number of hydrogen-bond donors (Lipinski definition) is 2. The highest BCUT2D eigenvalue weighted by atomic mass is 35.5. The van der Waals surface area contributed by atoms with Crippen molar-refractivity contribution in [2.75, 3.05) is 23.3 Å². The smallest absolute Gasteiger partial charge is 0.273 e. The number of nitrogens with zero attached hydrogens (tertiary/aromatic N) is 3. The summed E-state index contributed by atoms with van der Waals surface area (Å²) in [6.45, 7) is 3.71. The lowest BCUT2D eigenvalue weighted by atomic mass is 10.1. The number of rotatable bonds is 10. The van der Waals surface area contributed by atoms with Crippen LogP contribution in [0.5, 0.6) is 5.75 Å². The van der Waals surface area contributed by atoms with E-state index in [2.05, 4.69) is 15.8 Å². The van der Waals surface area contributed by atoms with Gasteiger partial charge in [0.15, 0.2) is 0 Å². The van der Waals surface area contributed by atoms with E-state index in [-0.39, 0.29) is 27.9 Å². The number of carbonyl (C=O) groups excluding carboxylic acids is 2. The van der Waals surface area contributed by atoms with Crippen LogP contribution in [-0.4, -0.2) is 44.5 Å². The van der Waals surface area contributed by atoms with Crippen molar-refractivity contribution in [3.63, 3.8) is 0 Å². The average Bonchev–Trinajstić information content (AvgIpc) is 2.90. The number of methoxy groups -OCH3 is 1. The number of nitro benzene ring substituents is 1. The summed E-state index contributed by atoms with van der Waals surface area (Å²) in [6.07, 6.45) is 0. The van der Waals surface area contributed by atoms with Gasteiger partial charge >= 0.3 is 0 Å². The molecule has 0 saturated heterocycles. The van der Waals surface area contributed by atoms with Gasteiger partial charge in [-0.15, -0.1) is 0 Å². The largest absolute Gasteiger partial charge is 0.495 e. The van der Waals surface area contributed by atoms with Gasteiger partial charge in [-0.05, 0) is 55.8 Å². The Hall–Kier alpha value is -4.49. The van der Waals surface area contributed by atoms with Gasteiger partial charge in [0, 0.05) is 29.3 Å². The van der Waals surface area contributed by atoms with Gasteiger partial charge in [-0.2, -0.15) is 5.10 Å². The lowest BCUT2D eigenvalue weighted by molar-refractivity contribution is -0.385. The van der Waals surface area contributed by atoms with E-state index in [1.807, 2.05) is 0 Å². The molecule has 3 aromatic carbocycles. The van der Waals surface area contributed by atoms with Crippen LogP contribution in [0.1, 0.15) is 25.0 Å². The SMILES string of the molecule is COc1ccc(Cl)cc1N(CC(=O)N/N=C(/C)c1cccc(NC(C)=O)c1)S(=O)(=O)c1ccc(C)c([N+](=O)[O-])c1. The maximum absolute atomic E-state index is 13.8. The van der Waals surface area contributed by atoms with Crippen LogP contribution in [0.25, 0.3) is 0 Å². The van der Waals surface area contributed by atoms with Crippen molar-refractivity contribution in [1.82, 2.24) is 5.43 Å². The number of amides is 2.